The summed E-state index contributed by atoms with van der Waals surface area (Å²) in [4.78, 5) is 22.2. The van der Waals surface area contributed by atoms with Crippen LogP contribution < -0.4 is 5.32 Å². The van der Waals surface area contributed by atoms with E-state index in [1.807, 2.05) is 0 Å². The molecule has 0 unspecified atom stereocenters. The number of amides is 1. The minimum Gasteiger partial charge on any atom is -0.480 e. The van der Waals surface area contributed by atoms with Crippen molar-refractivity contribution in [3.05, 3.63) is 29.3 Å². The van der Waals surface area contributed by atoms with Gasteiger partial charge < -0.3 is 10.4 Å². The molecule has 0 aliphatic rings. The Bertz CT molecular complexity index is 630. The first-order valence-corrected chi connectivity index (χ1v) is 7.70. The number of halogens is 1. The number of carbonyl (C=O) groups excluding carboxylic acids is 1. The zero-order valence-electron chi connectivity index (χ0n) is 11.4. The van der Waals surface area contributed by atoms with E-state index in [4.69, 9.17) is 16.7 Å². The summed E-state index contributed by atoms with van der Waals surface area (Å²) in [5.74, 6) is -1.91. The fourth-order valence-corrected chi connectivity index (χ4v) is 2.68. The molecule has 0 fully saturated rings. The Morgan fingerprint density at radius 3 is 2.33 bits per heavy atom. The van der Waals surface area contributed by atoms with Crippen molar-refractivity contribution in [3.8, 4) is 0 Å². The van der Waals surface area contributed by atoms with Crippen LogP contribution in [0.5, 0.6) is 0 Å². The van der Waals surface area contributed by atoms with Gasteiger partial charge >= 0.3 is 5.97 Å². The lowest BCUT2D eigenvalue weighted by molar-refractivity contribution is -0.141. The van der Waals surface area contributed by atoms with Gasteiger partial charge in [0.05, 0.1) is 11.4 Å². The van der Waals surface area contributed by atoms with Crippen molar-refractivity contribution < 1.29 is 23.1 Å². The molecule has 7 nitrogen and oxygen atoms in total. The molecule has 0 spiro atoms. The first-order chi connectivity index (χ1) is 9.64. The number of hydrogen-bond acceptors (Lipinski definition) is 4. The van der Waals surface area contributed by atoms with E-state index in [-0.39, 0.29) is 4.90 Å². The smallest absolute Gasteiger partial charge is 0.325 e. The molecule has 0 aliphatic carbocycles. The number of carboxylic acid groups (broad SMARTS) is 1. The largest absolute Gasteiger partial charge is 0.480 e. The lowest BCUT2D eigenvalue weighted by Crippen LogP contribution is -2.44. The lowest BCUT2D eigenvalue weighted by atomic mass is 10.3. The Labute approximate surface area is 127 Å². The number of sulfonamides is 1. The van der Waals surface area contributed by atoms with Crippen molar-refractivity contribution in [1.82, 2.24) is 9.62 Å². The molecule has 1 rings (SSSR count). The standard InChI is InChI=1S/C12H15ClN2O5S/c1-8(12(17)18)14-11(16)7-15(2)21(19,20)10-5-3-9(13)4-6-10/h3-6,8H,7H2,1-2H3,(H,14,16)(H,17,18)/t8-/m0/s1. The van der Waals surface area contributed by atoms with E-state index in [2.05, 4.69) is 5.32 Å². The van der Waals surface area contributed by atoms with E-state index in [0.717, 1.165) is 4.31 Å². The maximum Gasteiger partial charge on any atom is 0.325 e. The molecule has 1 atom stereocenters. The molecule has 0 aromatic heterocycles. The van der Waals surface area contributed by atoms with Crippen LogP contribution in [-0.2, 0) is 19.6 Å². The minimum atomic E-state index is -3.84. The van der Waals surface area contributed by atoms with Gasteiger partial charge in [-0.2, -0.15) is 4.31 Å². The zero-order chi connectivity index (χ0) is 16.2. The second kappa shape index (κ2) is 6.88. The van der Waals surface area contributed by atoms with E-state index < -0.39 is 34.5 Å². The van der Waals surface area contributed by atoms with Crippen molar-refractivity contribution >= 4 is 33.5 Å². The lowest BCUT2D eigenvalue weighted by Gasteiger charge is -2.18. The predicted molar refractivity (Wildman–Crippen MR) is 76.5 cm³/mol. The summed E-state index contributed by atoms with van der Waals surface area (Å²) >= 11 is 5.68. The number of carbonyl (C=O) groups is 2. The van der Waals surface area contributed by atoms with Gasteiger partial charge in [-0.3, -0.25) is 9.59 Å². The first-order valence-electron chi connectivity index (χ1n) is 5.88. The van der Waals surface area contributed by atoms with Gasteiger partial charge in [0.1, 0.15) is 6.04 Å². The highest BCUT2D eigenvalue weighted by Gasteiger charge is 2.24. The van der Waals surface area contributed by atoms with Gasteiger partial charge in [-0.15, -0.1) is 0 Å². The number of benzene rings is 1. The Hall–Kier alpha value is -1.64. The van der Waals surface area contributed by atoms with E-state index in [1.54, 1.807) is 0 Å². The summed E-state index contributed by atoms with van der Waals surface area (Å²) in [7, 11) is -2.61. The minimum absolute atomic E-state index is 0.00603. The zero-order valence-corrected chi connectivity index (χ0v) is 13.0. The molecule has 2 N–H and O–H groups in total. The van der Waals surface area contributed by atoms with Crippen LogP contribution in [-0.4, -0.2) is 49.3 Å². The van der Waals surface area contributed by atoms with Crippen molar-refractivity contribution in [3.63, 3.8) is 0 Å². The van der Waals surface area contributed by atoms with Gasteiger partial charge in [-0.25, -0.2) is 8.42 Å². The molecular weight excluding hydrogens is 320 g/mol. The molecule has 0 bridgehead atoms. The maximum absolute atomic E-state index is 12.2. The second-order valence-corrected chi connectivity index (χ2v) is 6.82. The van der Waals surface area contributed by atoms with Crippen LogP contribution in [0.25, 0.3) is 0 Å². The van der Waals surface area contributed by atoms with Crippen LogP contribution >= 0.6 is 11.6 Å². The molecule has 1 aromatic rings. The summed E-state index contributed by atoms with van der Waals surface area (Å²) in [6.45, 7) is 0.802. The molecule has 0 radical (unpaired) electrons. The van der Waals surface area contributed by atoms with E-state index in [1.165, 1.54) is 38.2 Å². The molecule has 0 saturated carbocycles. The van der Waals surface area contributed by atoms with Gasteiger partial charge in [-0.05, 0) is 31.2 Å². The average Bonchev–Trinajstić information content (AvgIpc) is 2.38. The summed E-state index contributed by atoms with van der Waals surface area (Å²) in [5.41, 5.74) is 0. The van der Waals surface area contributed by atoms with Crippen molar-refractivity contribution in [2.75, 3.05) is 13.6 Å². The Morgan fingerprint density at radius 2 is 1.86 bits per heavy atom. The Morgan fingerprint density at radius 1 is 1.33 bits per heavy atom. The van der Waals surface area contributed by atoms with E-state index in [9.17, 15) is 18.0 Å². The van der Waals surface area contributed by atoms with Gasteiger partial charge in [0, 0.05) is 12.1 Å². The monoisotopic (exact) mass is 334 g/mol. The third-order valence-corrected chi connectivity index (χ3v) is 4.71. The van der Waals surface area contributed by atoms with Crippen LogP contribution in [0.2, 0.25) is 5.02 Å². The van der Waals surface area contributed by atoms with Gasteiger partial charge in [0.2, 0.25) is 15.9 Å². The molecule has 9 heteroatoms. The van der Waals surface area contributed by atoms with Crippen LogP contribution in [0.15, 0.2) is 29.2 Å². The number of nitrogens with zero attached hydrogens (tertiary/aromatic N) is 1. The van der Waals surface area contributed by atoms with Crippen molar-refractivity contribution in [2.24, 2.45) is 0 Å². The fourth-order valence-electron chi connectivity index (χ4n) is 1.42. The molecule has 116 valence electrons. The van der Waals surface area contributed by atoms with Crippen LogP contribution in [0.3, 0.4) is 0 Å². The van der Waals surface area contributed by atoms with Crippen LogP contribution in [0.4, 0.5) is 0 Å². The molecule has 1 aromatic carbocycles. The van der Waals surface area contributed by atoms with Gasteiger partial charge in [0.15, 0.2) is 0 Å². The summed E-state index contributed by atoms with van der Waals surface area (Å²) in [6.07, 6.45) is 0. The van der Waals surface area contributed by atoms with Gasteiger partial charge in [-0.1, -0.05) is 11.6 Å². The number of carboxylic acids is 1. The highest BCUT2D eigenvalue weighted by atomic mass is 35.5. The van der Waals surface area contributed by atoms with Crippen LogP contribution in [0, 0.1) is 0 Å². The Balaban J connectivity index is 2.78. The molecule has 0 saturated heterocycles. The van der Waals surface area contributed by atoms with Crippen LogP contribution in [0.1, 0.15) is 6.92 Å². The van der Waals surface area contributed by atoms with Crippen molar-refractivity contribution in [2.45, 2.75) is 17.9 Å². The summed E-state index contributed by atoms with van der Waals surface area (Å²) in [6, 6.07) is 4.41. The molecule has 0 heterocycles. The third kappa shape index (κ3) is 4.69. The number of nitrogens with one attached hydrogen (secondary N) is 1. The highest BCUT2D eigenvalue weighted by molar-refractivity contribution is 7.89. The number of likely N-dealkylation sites (N-methyl/N-ethyl adjacent to an activating group) is 1. The molecular formula is C12H15ClN2O5S. The summed E-state index contributed by atoms with van der Waals surface area (Å²) < 4.78 is 25.2. The van der Waals surface area contributed by atoms with E-state index >= 15 is 0 Å². The normalized spacial score (nSPS) is 13.0. The molecule has 0 aliphatic heterocycles. The second-order valence-electron chi connectivity index (χ2n) is 4.34. The Kier molecular flexibility index (Phi) is 5.70. The third-order valence-electron chi connectivity index (χ3n) is 2.64. The quantitative estimate of drug-likeness (QED) is 0.790. The number of rotatable bonds is 6. The summed E-state index contributed by atoms with van der Waals surface area (Å²) in [5, 5.41) is 11.2. The number of aliphatic carboxylic acids is 1. The molecule has 21 heavy (non-hydrogen) atoms. The first kappa shape index (κ1) is 17.4. The topological polar surface area (TPSA) is 104 Å². The predicted octanol–water partition coefficient (Wildman–Crippen LogP) is 0.550. The highest BCUT2D eigenvalue weighted by Crippen LogP contribution is 2.17. The van der Waals surface area contributed by atoms with Gasteiger partial charge in [0.25, 0.3) is 0 Å². The van der Waals surface area contributed by atoms with Crippen molar-refractivity contribution in [1.29, 1.82) is 0 Å². The fraction of sp³-hybridized carbons (Fsp3) is 0.333. The maximum atomic E-state index is 12.2. The average molecular weight is 335 g/mol. The SMILES string of the molecule is C[C@H](NC(=O)CN(C)S(=O)(=O)c1ccc(Cl)cc1)C(=O)O. The number of hydrogen-bond donors (Lipinski definition) is 2. The van der Waals surface area contributed by atoms with E-state index in [0.29, 0.717) is 5.02 Å². The molecule has 1 amide bonds.